The SMILES string of the molecule is Cc1cc(NC(=O)C2CCOC2)nn1Cc1cc(Cl)ccc1OCc1ccccc1. The number of carbonyl (C=O) groups is 1. The Bertz CT molecular complexity index is 1010. The summed E-state index contributed by atoms with van der Waals surface area (Å²) in [6, 6.07) is 17.5. The molecule has 7 heteroatoms. The van der Waals surface area contributed by atoms with E-state index >= 15 is 0 Å². The number of benzene rings is 2. The van der Waals surface area contributed by atoms with Crippen molar-refractivity contribution >= 4 is 23.3 Å². The topological polar surface area (TPSA) is 65.4 Å². The molecule has 2 aromatic carbocycles. The Balaban J connectivity index is 1.47. The highest BCUT2D eigenvalue weighted by atomic mass is 35.5. The van der Waals surface area contributed by atoms with E-state index in [-0.39, 0.29) is 11.8 Å². The van der Waals surface area contributed by atoms with Crippen LogP contribution >= 0.6 is 11.6 Å². The summed E-state index contributed by atoms with van der Waals surface area (Å²) in [5.41, 5.74) is 2.95. The number of carbonyl (C=O) groups excluding carboxylic acids is 1. The number of aryl methyl sites for hydroxylation is 1. The highest BCUT2D eigenvalue weighted by Gasteiger charge is 2.24. The van der Waals surface area contributed by atoms with Gasteiger partial charge < -0.3 is 14.8 Å². The molecule has 1 saturated heterocycles. The summed E-state index contributed by atoms with van der Waals surface area (Å²) in [5, 5.41) is 8.08. The second-order valence-electron chi connectivity index (χ2n) is 7.40. The summed E-state index contributed by atoms with van der Waals surface area (Å²) in [6.07, 6.45) is 0.746. The summed E-state index contributed by atoms with van der Waals surface area (Å²) < 4.78 is 13.2. The highest BCUT2D eigenvalue weighted by Crippen LogP contribution is 2.26. The Morgan fingerprint density at radius 3 is 2.87 bits per heavy atom. The largest absolute Gasteiger partial charge is 0.489 e. The Labute approximate surface area is 180 Å². The van der Waals surface area contributed by atoms with Crippen LogP contribution in [0.5, 0.6) is 5.75 Å². The lowest BCUT2D eigenvalue weighted by Gasteiger charge is -2.13. The van der Waals surface area contributed by atoms with E-state index in [1.54, 1.807) is 0 Å². The Morgan fingerprint density at radius 2 is 2.10 bits per heavy atom. The van der Waals surface area contributed by atoms with Gasteiger partial charge in [0.05, 0.1) is 19.1 Å². The van der Waals surface area contributed by atoms with Gasteiger partial charge >= 0.3 is 0 Å². The number of rotatable bonds is 7. The molecular weight excluding hydrogens is 402 g/mol. The van der Waals surface area contributed by atoms with Crippen LogP contribution in [0.4, 0.5) is 5.82 Å². The van der Waals surface area contributed by atoms with Gasteiger partial charge in [-0.05, 0) is 37.1 Å². The molecule has 3 aromatic rings. The van der Waals surface area contributed by atoms with E-state index in [2.05, 4.69) is 10.4 Å². The van der Waals surface area contributed by atoms with E-state index < -0.39 is 0 Å². The molecule has 0 radical (unpaired) electrons. The third-order valence-corrected chi connectivity index (χ3v) is 5.35. The maximum Gasteiger partial charge on any atom is 0.231 e. The second kappa shape index (κ2) is 9.32. The van der Waals surface area contributed by atoms with E-state index in [9.17, 15) is 4.79 Å². The van der Waals surface area contributed by atoms with E-state index in [0.29, 0.717) is 37.2 Å². The molecule has 1 aromatic heterocycles. The smallest absolute Gasteiger partial charge is 0.231 e. The van der Waals surface area contributed by atoms with Crippen molar-refractivity contribution in [3.63, 3.8) is 0 Å². The van der Waals surface area contributed by atoms with Gasteiger partial charge in [-0.3, -0.25) is 9.48 Å². The van der Waals surface area contributed by atoms with Crippen molar-refractivity contribution in [2.45, 2.75) is 26.5 Å². The van der Waals surface area contributed by atoms with Gasteiger partial charge in [0.25, 0.3) is 0 Å². The molecule has 1 atom stereocenters. The molecule has 30 heavy (non-hydrogen) atoms. The summed E-state index contributed by atoms with van der Waals surface area (Å²) in [6.45, 7) is 4.01. The van der Waals surface area contributed by atoms with Crippen LogP contribution in [0.1, 0.15) is 23.2 Å². The standard InChI is InChI=1S/C23H24ClN3O3/c1-16-11-22(25-23(28)18-9-10-29-15-18)26-27(16)13-19-12-20(24)7-8-21(19)30-14-17-5-3-2-4-6-17/h2-8,11-12,18H,9-10,13-15H2,1H3,(H,25,26,28). The number of anilines is 1. The lowest BCUT2D eigenvalue weighted by Crippen LogP contribution is -2.23. The van der Waals surface area contributed by atoms with Gasteiger partial charge in [-0.1, -0.05) is 41.9 Å². The van der Waals surface area contributed by atoms with Gasteiger partial charge in [0.2, 0.25) is 5.91 Å². The molecule has 0 spiro atoms. The molecule has 4 rings (SSSR count). The van der Waals surface area contributed by atoms with Crippen LogP contribution in [0.15, 0.2) is 54.6 Å². The highest BCUT2D eigenvalue weighted by molar-refractivity contribution is 6.30. The van der Waals surface area contributed by atoms with Crippen LogP contribution in [0.2, 0.25) is 5.02 Å². The molecule has 1 aliphatic heterocycles. The molecule has 1 amide bonds. The number of hydrogen-bond donors (Lipinski definition) is 1. The van der Waals surface area contributed by atoms with Crippen LogP contribution in [-0.2, 0) is 22.7 Å². The van der Waals surface area contributed by atoms with Crippen molar-refractivity contribution in [3.05, 3.63) is 76.4 Å². The minimum absolute atomic E-state index is 0.0493. The number of amides is 1. The molecule has 1 unspecified atom stereocenters. The van der Waals surface area contributed by atoms with Crippen LogP contribution in [0.3, 0.4) is 0 Å². The quantitative estimate of drug-likeness (QED) is 0.607. The number of ether oxygens (including phenoxy) is 2. The molecule has 2 heterocycles. The number of halogens is 1. The fraction of sp³-hybridized carbons (Fsp3) is 0.304. The van der Waals surface area contributed by atoms with Crippen molar-refractivity contribution in [2.75, 3.05) is 18.5 Å². The fourth-order valence-electron chi connectivity index (χ4n) is 3.41. The molecule has 1 aliphatic rings. The average molecular weight is 426 g/mol. The van der Waals surface area contributed by atoms with Gasteiger partial charge in [0, 0.05) is 29.0 Å². The lowest BCUT2D eigenvalue weighted by atomic mass is 10.1. The first-order chi connectivity index (χ1) is 14.6. The van der Waals surface area contributed by atoms with Crippen LogP contribution < -0.4 is 10.1 Å². The van der Waals surface area contributed by atoms with Crippen molar-refractivity contribution in [1.29, 1.82) is 0 Å². The van der Waals surface area contributed by atoms with E-state index in [1.807, 2.05) is 66.2 Å². The molecule has 156 valence electrons. The predicted octanol–water partition coefficient (Wildman–Crippen LogP) is 4.45. The third-order valence-electron chi connectivity index (χ3n) is 5.11. The average Bonchev–Trinajstić information content (AvgIpc) is 3.39. The molecule has 0 bridgehead atoms. The van der Waals surface area contributed by atoms with Gasteiger partial charge in [0.1, 0.15) is 12.4 Å². The number of hydrogen-bond acceptors (Lipinski definition) is 4. The summed E-state index contributed by atoms with van der Waals surface area (Å²) in [4.78, 5) is 12.3. The lowest BCUT2D eigenvalue weighted by molar-refractivity contribution is -0.119. The Hall–Kier alpha value is -2.83. The van der Waals surface area contributed by atoms with E-state index in [0.717, 1.165) is 29.0 Å². The Kier molecular flexibility index (Phi) is 6.35. The van der Waals surface area contributed by atoms with Crippen molar-refractivity contribution in [3.8, 4) is 5.75 Å². The third kappa shape index (κ3) is 5.01. The minimum atomic E-state index is -0.110. The van der Waals surface area contributed by atoms with E-state index in [4.69, 9.17) is 21.1 Å². The zero-order valence-electron chi connectivity index (χ0n) is 16.8. The molecule has 6 nitrogen and oxygen atoms in total. The normalized spacial score (nSPS) is 15.9. The Morgan fingerprint density at radius 1 is 1.27 bits per heavy atom. The molecule has 1 fully saturated rings. The molecule has 1 N–H and O–H groups in total. The van der Waals surface area contributed by atoms with Crippen molar-refractivity contribution in [2.24, 2.45) is 5.92 Å². The van der Waals surface area contributed by atoms with Gasteiger partial charge in [-0.15, -0.1) is 0 Å². The first kappa shape index (κ1) is 20.4. The first-order valence-corrected chi connectivity index (χ1v) is 10.3. The summed E-state index contributed by atoms with van der Waals surface area (Å²) >= 11 is 6.23. The van der Waals surface area contributed by atoms with E-state index in [1.165, 1.54) is 0 Å². The summed E-state index contributed by atoms with van der Waals surface area (Å²) in [7, 11) is 0. The van der Waals surface area contributed by atoms with Gasteiger partial charge in [-0.25, -0.2) is 0 Å². The molecule has 0 aliphatic carbocycles. The zero-order valence-corrected chi connectivity index (χ0v) is 17.6. The van der Waals surface area contributed by atoms with Crippen LogP contribution in [-0.4, -0.2) is 28.9 Å². The number of nitrogens with one attached hydrogen (secondary N) is 1. The van der Waals surface area contributed by atoms with Crippen molar-refractivity contribution in [1.82, 2.24) is 9.78 Å². The zero-order chi connectivity index (χ0) is 20.9. The maximum absolute atomic E-state index is 12.3. The first-order valence-electron chi connectivity index (χ1n) is 9.97. The number of aromatic nitrogens is 2. The molecule has 0 saturated carbocycles. The molecular formula is C23H24ClN3O3. The minimum Gasteiger partial charge on any atom is -0.489 e. The predicted molar refractivity (Wildman–Crippen MR) is 116 cm³/mol. The van der Waals surface area contributed by atoms with Crippen LogP contribution in [0, 0.1) is 12.8 Å². The fourth-order valence-corrected chi connectivity index (χ4v) is 3.60. The van der Waals surface area contributed by atoms with Crippen molar-refractivity contribution < 1.29 is 14.3 Å². The monoisotopic (exact) mass is 425 g/mol. The van der Waals surface area contributed by atoms with Gasteiger partial charge in [0.15, 0.2) is 5.82 Å². The second-order valence-corrected chi connectivity index (χ2v) is 7.84. The van der Waals surface area contributed by atoms with Crippen LogP contribution in [0.25, 0.3) is 0 Å². The number of nitrogens with zero attached hydrogens (tertiary/aromatic N) is 2. The maximum atomic E-state index is 12.3. The summed E-state index contributed by atoms with van der Waals surface area (Å²) in [5.74, 6) is 1.14. The van der Waals surface area contributed by atoms with Gasteiger partial charge in [-0.2, -0.15) is 5.10 Å².